The second-order valence-electron chi connectivity index (χ2n) is 7.16. The van der Waals surface area contributed by atoms with Gasteiger partial charge >= 0.3 is 12.3 Å². The molecule has 1 fully saturated rings. The molecule has 1 amide bonds. The van der Waals surface area contributed by atoms with Crippen LogP contribution in [-0.2, 0) is 4.74 Å². The molecule has 2 rings (SSSR count). The molecule has 1 saturated heterocycles. The number of carbonyl (C=O) groups excluding carboxylic acids is 1. The van der Waals surface area contributed by atoms with Gasteiger partial charge in [-0.2, -0.15) is 13.2 Å². The van der Waals surface area contributed by atoms with Gasteiger partial charge in [-0.25, -0.2) is 4.79 Å². The second kappa shape index (κ2) is 6.97. The highest BCUT2D eigenvalue weighted by Crippen LogP contribution is 2.36. The van der Waals surface area contributed by atoms with Gasteiger partial charge in [-0.15, -0.1) is 0 Å². The van der Waals surface area contributed by atoms with Crippen molar-refractivity contribution in [3.8, 4) is 0 Å². The molecule has 9 heteroatoms. The van der Waals surface area contributed by atoms with Crippen molar-refractivity contribution >= 4 is 17.5 Å². The molecule has 140 valence electrons. The molecule has 1 aliphatic rings. The third kappa shape index (κ3) is 5.40. The predicted octanol–water partition coefficient (Wildman–Crippen LogP) is 2.95. The molecule has 1 aromatic heterocycles. The highest BCUT2D eigenvalue weighted by Gasteiger charge is 2.45. The Balaban J connectivity index is 2.17. The van der Waals surface area contributed by atoms with E-state index in [0.29, 0.717) is 11.4 Å². The van der Waals surface area contributed by atoms with Crippen LogP contribution in [0.1, 0.15) is 27.2 Å². The van der Waals surface area contributed by atoms with E-state index in [-0.39, 0.29) is 19.5 Å². The van der Waals surface area contributed by atoms with Gasteiger partial charge in [-0.05, 0) is 33.3 Å². The first-order valence-electron chi connectivity index (χ1n) is 7.96. The molecule has 25 heavy (non-hydrogen) atoms. The van der Waals surface area contributed by atoms with Crippen LogP contribution in [0.5, 0.6) is 0 Å². The normalized spacial score (nSPS) is 21.8. The molecule has 1 aliphatic heterocycles. The second-order valence-corrected chi connectivity index (χ2v) is 7.16. The zero-order chi connectivity index (χ0) is 18.8. The number of hydrogen-bond acceptors (Lipinski definition) is 5. The largest absolute Gasteiger partial charge is 0.444 e. The molecule has 2 heterocycles. The average molecular weight is 360 g/mol. The summed E-state index contributed by atoms with van der Waals surface area (Å²) >= 11 is 0. The molecule has 0 radical (unpaired) electrons. The zero-order valence-electron chi connectivity index (χ0n) is 14.4. The summed E-state index contributed by atoms with van der Waals surface area (Å²) in [6.45, 7) is 5.06. The van der Waals surface area contributed by atoms with Crippen LogP contribution in [-0.4, -0.2) is 42.0 Å². The third-order valence-electron chi connectivity index (χ3n) is 3.80. The fourth-order valence-electron chi connectivity index (χ4n) is 2.80. The summed E-state index contributed by atoms with van der Waals surface area (Å²) in [6.07, 6.45) is -2.44. The fraction of sp³-hybridized carbons (Fsp3) is 0.625. The van der Waals surface area contributed by atoms with Crippen LogP contribution in [0.4, 0.5) is 29.3 Å². The van der Waals surface area contributed by atoms with Gasteiger partial charge in [-0.3, -0.25) is 4.98 Å². The lowest BCUT2D eigenvalue weighted by atomic mass is 9.93. The maximum absolute atomic E-state index is 13.3. The topological polar surface area (TPSA) is 80.5 Å². The first-order chi connectivity index (χ1) is 11.5. The molecule has 0 saturated carbocycles. The van der Waals surface area contributed by atoms with Gasteiger partial charge in [0.15, 0.2) is 0 Å². The van der Waals surface area contributed by atoms with E-state index in [4.69, 9.17) is 10.5 Å². The number of hydrogen-bond donors (Lipinski definition) is 2. The number of anilines is 2. The number of carbonyl (C=O) groups is 1. The maximum Gasteiger partial charge on any atom is 0.407 e. The Morgan fingerprint density at radius 1 is 1.36 bits per heavy atom. The number of amides is 1. The Morgan fingerprint density at radius 2 is 2.04 bits per heavy atom. The van der Waals surface area contributed by atoms with Crippen molar-refractivity contribution in [2.45, 2.75) is 45.0 Å². The number of ether oxygens (including phenoxy) is 1. The van der Waals surface area contributed by atoms with Crippen LogP contribution in [0.25, 0.3) is 0 Å². The molecule has 2 unspecified atom stereocenters. The van der Waals surface area contributed by atoms with Crippen molar-refractivity contribution in [1.82, 2.24) is 10.3 Å². The lowest BCUT2D eigenvalue weighted by molar-refractivity contribution is -0.177. The van der Waals surface area contributed by atoms with Crippen molar-refractivity contribution in [3.63, 3.8) is 0 Å². The molecular weight excluding hydrogens is 337 g/mol. The van der Waals surface area contributed by atoms with Gasteiger partial charge in [0, 0.05) is 19.3 Å². The van der Waals surface area contributed by atoms with E-state index in [9.17, 15) is 18.0 Å². The molecule has 0 bridgehead atoms. The number of piperidine rings is 1. The number of rotatable bonds is 2. The standard InChI is InChI=1S/C16H23F3N4O2/c1-15(2,3)25-14(24)22-11-6-10(16(17,18)19)8-23(9-11)13-4-5-21-7-12(13)20/h4-5,7,10-11H,6,8-9,20H2,1-3H3,(H,22,24). The van der Waals surface area contributed by atoms with Gasteiger partial charge in [0.2, 0.25) is 0 Å². The van der Waals surface area contributed by atoms with Gasteiger partial charge in [0.1, 0.15) is 5.60 Å². The van der Waals surface area contributed by atoms with E-state index < -0.39 is 29.8 Å². The SMILES string of the molecule is CC(C)(C)OC(=O)NC1CC(C(F)(F)F)CN(c2ccncc2N)C1. The number of halogens is 3. The van der Waals surface area contributed by atoms with Gasteiger partial charge in [0.25, 0.3) is 0 Å². The third-order valence-corrected chi connectivity index (χ3v) is 3.80. The van der Waals surface area contributed by atoms with E-state index in [1.165, 1.54) is 17.3 Å². The van der Waals surface area contributed by atoms with E-state index in [1.807, 2.05) is 0 Å². The number of alkyl halides is 3. The molecule has 0 aromatic carbocycles. The Kier molecular flexibility index (Phi) is 5.34. The Bertz CT molecular complexity index is 616. The first kappa shape index (κ1) is 19.1. The number of nitrogen functional groups attached to an aromatic ring is 1. The Labute approximate surface area is 144 Å². The maximum atomic E-state index is 13.3. The van der Waals surface area contributed by atoms with Gasteiger partial charge < -0.3 is 20.7 Å². The summed E-state index contributed by atoms with van der Waals surface area (Å²) in [4.78, 5) is 17.3. The van der Waals surface area contributed by atoms with E-state index in [1.54, 1.807) is 26.8 Å². The van der Waals surface area contributed by atoms with Crippen molar-refractivity contribution in [2.24, 2.45) is 5.92 Å². The number of alkyl carbamates (subject to hydrolysis) is 1. The predicted molar refractivity (Wildman–Crippen MR) is 88.2 cm³/mol. The number of pyridine rings is 1. The zero-order valence-corrected chi connectivity index (χ0v) is 14.4. The minimum absolute atomic E-state index is 0.204. The number of nitrogens with one attached hydrogen (secondary N) is 1. The minimum atomic E-state index is -4.37. The van der Waals surface area contributed by atoms with E-state index in [2.05, 4.69) is 10.3 Å². The van der Waals surface area contributed by atoms with Crippen LogP contribution < -0.4 is 16.0 Å². The highest BCUT2D eigenvalue weighted by atomic mass is 19.4. The van der Waals surface area contributed by atoms with Crippen molar-refractivity contribution < 1.29 is 22.7 Å². The minimum Gasteiger partial charge on any atom is -0.444 e. The van der Waals surface area contributed by atoms with Crippen molar-refractivity contribution in [1.29, 1.82) is 0 Å². The van der Waals surface area contributed by atoms with Crippen molar-refractivity contribution in [2.75, 3.05) is 23.7 Å². The summed E-state index contributed by atoms with van der Waals surface area (Å²) in [5, 5.41) is 2.54. The molecule has 1 aromatic rings. The number of aromatic nitrogens is 1. The molecule has 2 atom stereocenters. The van der Waals surface area contributed by atoms with Crippen molar-refractivity contribution in [3.05, 3.63) is 18.5 Å². The quantitative estimate of drug-likeness (QED) is 0.848. The monoisotopic (exact) mass is 360 g/mol. The van der Waals surface area contributed by atoms with E-state index in [0.717, 1.165) is 0 Å². The smallest absolute Gasteiger partial charge is 0.407 e. The summed E-state index contributed by atoms with van der Waals surface area (Å²) in [5.74, 6) is -1.58. The van der Waals surface area contributed by atoms with Crippen LogP contribution >= 0.6 is 0 Å². The fourth-order valence-corrected chi connectivity index (χ4v) is 2.80. The van der Waals surface area contributed by atoms with Gasteiger partial charge in [0.05, 0.1) is 29.5 Å². The summed E-state index contributed by atoms with van der Waals surface area (Å²) in [6, 6.07) is 0.862. The first-order valence-corrected chi connectivity index (χ1v) is 7.96. The van der Waals surface area contributed by atoms with Crippen LogP contribution in [0.15, 0.2) is 18.5 Å². The van der Waals surface area contributed by atoms with Crippen LogP contribution in [0, 0.1) is 5.92 Å². The lowest BCUT2D eigenvalue weighted by Gasteiger charge is -2.40. The molecule has 0 spiro atoms. The lowest BCUT2D eigenvalue weighted by Crippen LogP contribution is -2.54. The highest BCUT2D eigenvalue weighted by molar-refractivity contribution is 5.69. The van der Waals surface area contributed by atoms with Gasteiger partial charge in [-0.1, -0.05) is 0 Å². The summed E-state index contributed by atoms with van der Waals surface area (Å²) < 4.78 is 45.0. The molecular formula is C16H23F3N4O2. The summed E-state index contributed by atoms with van der Waals surface area (Å²) in [5.41, 5.74) is 5.88. The molecule has 6 nitrogen and oxygen atoms in total. The summed E-state index contributed by atoms with van der Waals surface area (Å²) in [7, 11) is 0. The van der Waals surface area contributed by atoms with Crippen LogP contribution in [0.3, 0.4) is 0 Å². The number of nitrogens with two attached hydrogens (primary N) is 1. The molecule has 3 N–H and O–H groups in total. The molecule has 0 aliphatic carbocycles. The Morgan fingerprint density at radius 3 is 2.60 bits per heavy atom. The van der Waals surface area contributed by atoms with Crippen LogP contribution in [0.2, 0.25) is 0 Å². The van der Waals surface area contributed by atoms with E-state index >= 15 is 0 Å². The average Bonchev–Trinajstić information content (AvgIpc) is 2.44. The Hall–Kier alpha value is -2.19. The number of nitrogens with zero attached hydrogens (tertiary/aromatic N) is 2.